The fourth-order valence-electron chi connectivity index (χ4n) is 3.19. The smallest absolute Gasteiger partial charge is 0.244 e. The van der Waals surface area contributed by atoms with Crippen LogP contribution < -0.4 is 0 Å². The van der Waals surface area contributed by atoms with E-state index < -0.39 is 15.8 Å². The number of halogens is 2. The molecule has 25 heavy (non-hydrogen) atoms. The van der Waals surface area contributed by atoms with Crippen LogP contribution in [-0.4, -0.2) is 47.3 Å². The minimum atomic E-state index is -3.89. The van der Waals surface area contributed by atoms with E-state index in [0.717, 1.165) is 11.6 Å². The summed E-state index contributed by atoms with van der Waals surface area (Å²) in [6, 6.07) is 2.26. The van der Waals surface area contributed by atoms with Gasteiger partial charge >= 0.3 is 0 Å². The Hall–Kier alpha value is -1.48. The molecule has 1 saturated heterocycles. The molecule has 0 saturated carbocycles. The zero-order valence-corrected chi connectivity index (χ0v) is 15.4. The largest absolute Gasteiger partial charge is 0.396 e. The molecule has 2 aromatic rings. The zero-order chi connectivity index (χ0) is 18.4. The molecule has 136 valence electrons. The van der Waals surface area contributed by atoms with E-state index in [1.54, 1.807) is 17.9 Å². The molecule has 1 aromatic heterocycles. The molecule has 1 aromatic carbocycles. The predicted octanol–water partition coefficient (Wildman–Crippen LogP) is 1.92. The second-order valence-electron chi connectivity index (χ2n) is 6.35. The van der Waals surface area contributed by atoms with E-state index in [2.05, 4.69) is 5.10 Å². The summed E-state index contributed by atoms with van der Waals surface area (Å²) in [7, 11) is -2.11. The summed E-state index contributed by atoms with van der Waals surface area (Å²) in [5.41, 5.74) is 1.09. The lowest BCUT2D eigenvalue weighted by molar-refractivity contribution is 0.223. The van der Waals surface area contributed by atoms with Crippen molar-refractivity contribution in [2.45, 2.75) is 17.7 Å². The molecule has 9 heteroatoms. The molecule has 3 rings (SSSR count). The molecule has 1 aliphatic rings. The van der Waals surface area contributed by atoms with E-state index >= 15 is 0 Å². The first-order valence-electron chi connectivity index (χ1n) is 7.79. The van der Waals surface area contributed by atoms with Gasteiger partial charge in [-0.3, -0.25) is 4.68 Å². The van der Waals surface area contributed by atoms with E-state index in [1.807, 2.05) is 6.20 Å². The fourth-order valence-corrected chi connectivity index (χ4v) is 5.29. The highest BCUT2D eigenvalue weighted by Gasteiger charge is 2.41. The van der Waals surface area contributed by atoms with E-state index in [1.165, 1.54) is 17.3 Å². The van der Waals surface area contributed by atoms with Gasteiger partial charge in [0.25, 0.3) is 0 Å². The molecule has 0 amide bonds. The SMILES string of the molecule is Cc1cc(S(=O)(=O)N2C[C@@H](CO)[C@H](c3cnn(C)c3)C2)c(Cl)cc1F. The van der Waals surface area contributed by atoms with E-state index in [4.69, 9.17) is 11.6 Å². The molecule has 6 nitrogen and oxygen atoms in total. The summed E-state index contributed by atoms with van der Waals surface area (Å²) in [5.74, 6) is -0.945. The van der Waals surface area contributed by atoms with Crippen molar-refractivity contribution < 1.29 is 17.9 Å². The maximum atomic E-state index is 13.6. The third-order valence-corrected chi connectivity index (χ3v) is 6.92. The van der Waals surface area contributed by atoms with E-state index in [-0.39, 0.29) is 47.0 Å². The van der Waals surface area contributed by atoms with E-state index in [0.29, 0.717) is 0 Å². The van der Waals surface area contributed by atoms with Crippen LogP contribution in [0.25, 0.3) is 0 Å². The number of rotatable bonds is 4. The Morgan fingerprint density at radius 3 is 2.72 bits per heavy atom. The third-order valence-electron chi connectivity index (χ3n) is 4.63. The predicted molar refractivity (Wildman–Crippen MR) is 91.4 cm³/mol. The van der Waals surface area contributed by atoms with Crippen molar-refractivity contribution in [1.29, 1.82) is 0 Å². The van der Waals surface area contributed by atoms with Crippen LogP contribution in [0.3, 0.4) is 0 Å². The fraction of sp³-hybridized carbons (Fsp3) is 0.438. The summed E-state index contributed by atoms with van der Waals surface area (Å²) in [6.07, 6.45) is 3.50. The van der Waals surface area contributed by atoms with Crippen LogP contribution in [-0.2, 0) is 17.1 Å². The Balaban J connectivity index is 1.95. The highest BCUT2D eigenvalue weighted by atomic mass is 35.5. The standard InChI is InChI=1S/C16H19ClFN3O3S/c1-10-3-16(14(17)4-15(10)18)25(23,24)21-7-12(9-22)13(8-21)11-5-19-20(2)6-11/h3-6,12-13,22H,7-9H2,1-2H3/t12-,13-/m0/s1. The van der Waals surface area contributed by atoms with Gasteiger partial charge in [0.1, 0.15) is 10.7 Å². The lowest BCUT2D eigenvalue weighted by Crippen LogP contribution is -2.29. The molecular formula is C16H19ClFN3O3S. The number of aryl methyl sites for hydroxylation is 2. The lowest BCUT2D eigenvalue weighted by Gasteiger charge is -2.18. The highest BCUT2D eigenvalue weighted by Crippen LogP contribution is 2.37. The van der Waals surface area contributed by atoms with Crippen LogP contribution in [0.5, 0.6) is 0 Å². The first-order chi connectivity index (χ1) is 11.7. The van der Waals surface area contributed by atoms with Gasteiger partial charge in [0.15, 0.2) is 0 Å². The number of aromatic nitrogens is 2. The monoisotopic (exact) mass is 387 g/mol. The Bertz CT molecular complexity index is 900. The summed E-state index contributed by atoms with van der Waals surface area (Å²) in [4.78, 5) is -0.114. The number of nitrogens with zero attached hydrogens (tertiary/aromatic N) is 3. The molecule has 0 spiro atoms. The van der Waals surface area contributed by atoms with Gasteiger partial charge in [0.05, 0.1) is 11.2 Å². The lowest BCUT2D eigenvalue weighted by atomic mass is 9.92. The molecule has 1 fully saturated rings. The van der Waals surface area contributed by atoms with Crippen LogP contribution in [0.2, 0.25) is 5.02 Å². The van der Waals surface area contributed by atoms with Crippen LogP contribution >= 0.6 is 11.6 Å². The van der Waals surface area contributed by atoms with Gasteiger partial charge in [-0.05, 0) is 30.2 Å². The van der Waals surface area contributed by atoms with Gasteiger partial charge in [0.2, 0.25) is 10.0 Å². The third kappa shape index (κ3) is 3.31. The maximum absolute atomic E-state index is 13.6. The molecule has 2 heterocycles. The van der Waals surface area contributed by atoms with Crippen LogP contribution in [0.4, 0.5) is 4.39 Å². The average molecular weight is 388 g/mol. The highest BCUT2D eigenvalue weighted by molar-refractivity contribution is 7.89. The zero-order valence-electron chi connectivity index (χ0n) is 13.9. The van der Waals surface area contributed by atoms with Gasteiger partial charge in [-0.1, -0.05) is 11.6 Å². The normalized spacial score (nSPS) is 21.8. The van der Waals surface area contributed by atoms with Gasteiger partial charge in [-0.15, -0.1) is 0 Å². The van der Waals surface area contributed by atoms with Crippen LogP contribution in [0, 0.1) is 18.7 Å². The molecule has 0 radical (unpaired) electrons. The molecule has 1 aliphatic heterocycles. The van der Waals surface area contributed by atoms with Crippen molar-refractivity contribution in [3.05, 3.63) is 46.5 Å². The van der Waals surface area contributed by atoms with Crippen LogP contribution in [0.1, 0.15) is 17.0 Å². The number of sulfonamides is 1. The Morgan fingerprint density at radius 2 is 2.12 bits per heavy atom. The number of benzene rings is 1. The Labute approximate surface area is 150 Å². The summed E-state index contributed by atoms with van der Waals surface area (Å²) in [5, 5.41) is 13.6. The number of aliphatic hydroxyl groups is 1. The number of hydrogen-bond donors (Lipinski definition) is 1. The van der Waals surface area contributed by atoms with Gasteiger partial charge in [0, 0.05) is 44.8 Å². The first-order valence-corrected chi connectivity index (χ1v) is 9.61. The molecular weight excluding hydrogens is 369 g/mol. The molecule has 0 aliphatic carbocycles. The van der Waals surface area contributed by atoms with Crippen molar-refractivity contribution in [3.8, 4) is 0 Å². The van der Waals surface area contributed by atoms with Crippen molar-refractivity contribution in [2.24, 2.45) is 13.0 Å². The van der Waals surface area contributed by atoms with Crippen molar-refractivity contribution in [2.75, 3.05) is 19.7 Å². The summed E-state index contributed by atoms with van der Waals surface area (Å²) >= 11 is 5.98. The maximum Gasteiger partial charge on any atom is 0.244 e. The first kappa shape index (κ1) is 18.3. The van der Waals surface area contributed by atoms with Crippen molar-refractivity contribution in [1.82, 2.24) is 14.1 Å². The minimum absolute atomic E-state index is 0.114. The Morgan fingerprint density at radius 1 is 1.40 bits per heavy atom. The van der Waals surface area contributed by atoms with Gasteiger partial charge in [-0.2, -0.15) is 9.40 Å². The summed E-state index contributed by atoms with van der Waals surface area (Å²) in [6.45, 7) is 1.74. The molecule has 2 atom stereocenters. The topological polar surface area (TPSA) is 75.4 Å². The molecule has 0 bridgehead atoms. The molecule has 1 N–H and O–H groups in total. The number of hydrogen-bond acceptors (Lipinski definition) is 4. The van der Waals surface area contributed by atoms with Crippen molar-refractivity contribution in [3.63, 3.8) is 0 Å². The second-order valence-corrected chi connectivity index (χ2v) is 8.66. The minimum Gasteiger partial charge on any atom is -0.396 e. The molecule has 0 unspecified atom stereocenters. The second kappa shape index (κ2) is 6.68. The Kier molecular flexibility index (Phi) is 4.89. The van der Waals surface area contributed by atoms with Crippen molar-refractivity contribution >= 4 is 21.6 Å². The quantitative estimate of drug-likeness (QED) is 0.869. The van der Waals surface area contributed by atoms with E-state index in [9.17, 15) is 17.9 Å². The number of aliphatic hydroxyl groups excluding tert-OH is 1. The van der Waals surface area contributed by atoms with Crippen LogP contribution in [0.15, 0.2) is 29.4 Å². The average Bonchev–Trinajstić information content (AvgIpc) is 3.16. The van der Waals surface area contributed by atoms with Gasteiger partial charge < -0.3 is 5.11 Å². The summed E-state index contributed by atoms with van der Waals surface area (Å²) < 4.78 is 42.5. The van der Waals surface area contributed by atoms with Gasteiger partial charge in [-0.25, -0.2) is 12.8 Å².